The van der Waals surface area contributed by atoms with Crippen LogP contribution in [0.3, 0.4) is 0 Å². The highest BCUT2D eigenvalue weighted by Crippen LogP contribution is 2.30. The second-order valence-electron chi connectivity index (χ2n) is 4.67. The fourth-order valence-electron chi connectivity index (χ4n) is 2.57. The highest BCUT2D eigenvalue weighted by atomic mass is 32.1. The molecule has 2 rings (SSSR count). The maximum atomic E-state index is 12.5. The number of nitrogens with two attached hydrogens (primary N) is 1. The summed E-state index contributed by atoms with van der Waals surface area (Å²) < 4.78 is 0. The number of aryl methyl sites for hydroxylation is 1. The lowest BCUT2D eigenvalue weighted by Crippen LogP contribution is -2.39. The fraction of sp³-hybridized carbons (Fsp3) is 0.667. The molecule has 5 heteroatoms. The molecule has 1 fully saturated rings. The molecule has 0 aliphatic carbocycles. The number of hydrogen-bond acceptors (Lipinski definition) is 4. The molecule has 94 valence electrons. The molecule has 1 aromatic rings. The summed E-state index contributed by atoms with van der Waals surface area (Å²) >= 11 is 1.30. The van der Waals surface area contributed by atoms with Crippen molar-refractivity contribution in [2.45, 2.75) is 52.1 Å². The standard InChI is InChI=1S/C12H19N3OS/c1-4-9-6-5-7(2)15(9)11(16)10-8(3)14-12(13)17-10/h7,9H,4-6H2,1-3H3,(H2,13,14). The highest BCUT2D eigenvalue weighted by Gasteiger charge is 2.35. The van der Waals surface area contributed by atoms with Gasteiger partial charge in [0.25, 0.3) is 5.91 Å². The van der Waals surface area contributed by atoms with Crippen LogP contribution < -0.4 is 5.73 Å². The van der Waals surface area contributed by atoms with Gasteiger partial charge in [-0.2, -0.15) is 0 Å². The Kier molecular flexibility index (Phi) is 3.38. The predicted octanol–water partition coefficient (Wildman–Crippen LogP) is 2.44. The first-order valence-electron chi connectivity index (χ1n) is 6.10. The Morgan fingerprint density at radius 2 is 2.29 bits per heavy atom. The molecule has 0 radical (unpaired) electrons. The molecule has 2 heterocycles. The summed E-state index contributed by atoms with van der Waals surface area (Å²) in [6.07, 6.45) is 3.22. The van der Waals surface area contributed by atoms with E-state index >= 15 is 0 Å². The Morgan fingerprint density at radius 3 is 2.82 bits per heavy atom. The van der Waals surface area contributed by atoms with Gasteiger partial charge in [0.2, 0.25) is 0 Å². The van der Waals surface area contributed by atoms with Gasteiger partial charge in [0, 0.05) is 12.1 Å². The first-order valence-corrected chi connectivity index (χ1v) is 6.91. The molecule has 1 aliphatic rings. The average molecular weight is 253 g/mol. The van der Waals surface area contributed by atoms with Crippen molar-refractivity contribution in [3.8, 4) is 0 Å². The number of carbonyl (C=O) groups is 1. The van der Waals surface area contributed by atoms with Crippen molar-refractivity contribution >= 4 is 22.4 Å². The van der Waals surface area contributed by atoms with Crippen LogP contribution in [0, 0.1) is 6.92 Å². The first-order chi connectivity index (χ1) is 8.04. The smallest absolute Gasteiger partial charge is 0.266 e. The minimum Gasteiger partial charge on any atom is -0.375 e. The minimum atomic E-state index is 0.105. The SMILES string of the molecule is CCC1CCC(C)N1C(=O)c1sc(N)nc1C. The van der Waals surface area contributed by atoms with Crippen LogP contribution in [0.25, 0.3) is 0 Å². The van der Waals surface area contributed by atoms with Crippen LogP contribution in [0.1, 0.15) is 48.5 Å². The zero-order valence-electron chi connectivity index (χ0n) is 10.6. The van der Waals surface area contributed by atoms with Crippen molar-refractivity contribution in [1.82, 2.24) is 9.88 Å². The normalized spacial score (nSPS) is 24.3. The fourth-order valence-corrected chi connectivity index (χ4v) is 3.35. The largest absolute Gasteiger partial charge is 0.375 e. The first kappa shape index (κ1) is 12.4. The van der Waals surface area contributed by atoms with Crippen molar-refractivity contribution in [2.24, 2.45) is 0 Å². The van der Waals surface area contributed by atoms with Crippen LogP contribution in [0.15, 0.2) is 0 Å². The van der Waals surface area contributed by atoms with Crippen LogP contribution in [-0.2, 0) is 0 Å². The van der Waals surface area contributed by atoms with E-state index in [1.165, 1.54) is 11.3 Å². The number of anilines is 1. The van der Waals surface area contributed by atoms with Gasteiger partial charge in [-0.3, -0.25) is 4.79 Å². The summed E-state index contributed by atoms with van der Waals surface area (Å²) in [4.78, 5) is 19.3. The van der Waals surface area contributed by atoms with E-state index in [1.807, 2.05) is 11.8 Å². The zero-order valence-corrected chi connectivity index (χ0v) is 11.4. The topological polar surface area (TPSA) is 59.2 Å². The van der Waals surface area contributed by atoms with Gasteiger partial charge in [-0.05, 0) is 33.1 Å². The molecule has 17 heavy (non-hydrogen) atoms. The number of amides is 1. The molecule has 0 saturated carbocycles. The summed E-state index contributed by atoms with van der Waals surface area (Å²) in [6.45, 7) is 6.10. The van der Waals surface area contributed by atoms with E-state index in [4.69, 9.17) is 5.73 Å². The number of carbonyl (C=O) groups excluding carboxylic acids is 1. The molecule has 4 nitrogen and oxygen atoms in total. The third-order valence-corrected chi connectivity index (χ3v) is 4.47. The number of rotatable bonds is 2. The third-order valence-electron chi connectivity index (χ3n) is 3.50. The van der Waals surface area contributed by atoms with Gasteiger partial charge in [-0.1, -0.05) is 18.3 Å². The lowest BCUT2D eigenvalue weighted by Gasteiger charge is -2.27. The molecular formula is C12H19N3OS. The van der Waals surface area contributed by atoms with E-state index in [-0.39, 0.29) is 5.91 Å². The van der Waals surface area contributed by atoms with E-state index in [0.717, 1.165) is 25.0 Å². The van der Waals surface area contributed by atoms with E-state index in [1.54, 1.807) is 0 Å². The molecule has 0 bridgehead atoms. The molecular weight excluding hydrogens is 234 g/mol. The zero-order chi connectivity index (χ0) is 12.6. The summed E-state index contributed by atoms with van der Waals surface area (Å²) in [5, 5.41) is 0.478. The van der Waals surface area contributed by atoms with Gasteiger partial charge in [0.05, 0.1) is 5.69 Å². The second kappa shape index (κ2) is 4.64. The maximum absolute atomic E-state index is 12.5. The van der Waals surface area contributed by atoms with Crippen molar-refractivity contribution in [2.75, 3.05) is 5.73 Å². The Morgan fingerprint density at radius 1 is 1.59 bits per heavy atom. The molecule has 0 spiro atoms. The molecule has 1 amide bonds. The van der Waals surface area contributed by atoms with Crippen LogP contribution in [0.4, 0.5) is 5.13 Å². The van der Waals surface area contributed by atoms with E-state index in [2.05, 4.69) is 18.8 Å². The van der Waals surface area contributed by atoms with Gasteiger partial charge in [-0.15, -0.1) is 0 Å². The summed E-state index contributed by atoms with van der Waals surface area (Å²) in [5.41, 5.74) is 6.41. The van der Waals surface area contributed by atoms with Crippen molar-refractivity contribution in [3.05, 3.63) is 10.6 Å². The number of nitrogen functional groups attached to an aromatic ring is 1. The van der Waals surface area contributed by atoms with E-state index < -0.39 is 0 Å². The van der Waals surface area contributed by atoms with Gasteiger partial charge in [0.15, 0.2) is 5.13 Å². The van der Waals surface area contributed by atoms with Crippen LogP contribution in [-0.4, -0.2) is 27.9 Å². The lowest BCUT2D eigenvalue weighted by atomic mass is 10.1. The molecule has 1 aliphatic heterocycles. The van der Waals surface area contributed by atoms with Crippen LogP contribution >= 0.6 is 11.3 Å². The van der Waals surface area contributed by atoms with Gasteiger partial charge in [0.1, 0.15) is 4.88 Å². The van der Waals surface area contributed by atoms with Gasteiger partial charge < -0.3 is 10.6 Å². The minimum absolute atomic E-state index is 0.105. The van der Waals surface area contributed by atoms with Gasteiger partial charge >= 0.3 is 0 Å². The van der Waals surface area contributed by atoms with Gasteiger partial charge in [-0.25, -0.2) is 4.98 Å². The molecule has 2 unspecified atom stereocenters. The summed E-state index contributed by atoms with van der Waals surface area (Å²) in [7, 11) is 0. The molecule has 2 N–H and O–H groups in total. The quantitative estimate of drug-likeness (QED) is 0.880. The number of likely N-dealkylation sites (tertiary alicyclic amines) is 1. The summed E-state index contributed by atoms with van der Waals surface area (Å²) in [5.74, 6) is 0.105. The lowest BCUT2D eigenvalue weighted by molar-refractivity contribution is 0.0680. The third kappa shape index (κ3) is 2.16. The number of nitrogens with zero attached hydrogens (tertiary/aromatic N) is 2. The number of hydrogen-bond donors (Lipinski definition) is 1. The average Bonchev–Trinajstić information content (AvgIpc) is 2.80. The van der Waals surface area contributed by atoms with Crippen molar-refractivity contribution in [1.29, 1.82) is 0 Å². The van der Waals surface area contributed by atoms with E-state index in [9.17, 15) is 4.79 Å². The Hall–Kier alpha value is -1.10. The molecule has 1 aromatic heterocycles. The van der Waals surface area contributed by atoms with Crippen molar-refractivity contribution in [3.63, 3.8) is 0 Å². The summed E-state index contributed by atoms with van der Waals surface area (Å²) in [6, 6.07) is 0.704. The van der Waals surface area contributed by atoms with Crippen LogP contribution in [0.5, 0.6) is 0 Å². The molecule has 2 atom stereocenters. The maximum Gasteiger partial charge on any atom is 0.266 e. The number of thiazole rings is 1. The van der Waals surface area contributed by atoms with Crippen molar-refractivity contribution < 1.29 is 4.79 Å². The van der Waals surface area contributed by atoms with Crippen LogP contribution in [0.2, 0.25) is 0 Å². The Bertz CT molecular complexity index is 429. The molecule has 1 saturated heterocycles. The molecule has 0 aromatic carbocycles. The highest BCUT2D eigenvalue weighted by molar-refractivity contribution is 7.17. The van der Waals surface area contributed by atoms with E-state index in [0.29, 0.717) is 22.1 Å². The monoisotopic (exact) mass is 253 g/mol. The second-order valence-corrected chi connectivity index (χ2v) is 5.70. The number of aromatic nitrogens is 1. The predicted molar refractivity (Wildman–Crippen MR) is 70.2 cm³/mol. The Balaban J connectivity index is 2.27. The Labute approximate surface area is 106 Å².